The minimum absolute atomic E-state index is 0.0230. The number of carbonyl (C=O) groups is 1. The minimum Gasteiger partial charge on any atom is -0.382 e. The molecule has 11 nitrogen and oxygen atoms in total. The molecule has 0 aliphatic carbocycles. The summed E-state index contributed by atoms with van der Waals surface area (Å²) in [5, 5.41) is 12.9. The summed E-state index contributed by atoms with van der Waals surface area (Å²) >= 11 is 0. The number of aromatic nitrogens is 4. The number of hydrogen-bond donors (Lipinski definition) is 3. The van der Waals surface area contributed by atoms with Crippen molar-refractivity contribution in [2.45, 2.75) is 19.0 Å². The molecule has 1 unspecified atom stereocenters. The number of anilines is 2. The van der Waals surface area contributed by atoms with E-state index < -0.39 is 11.5 Å². The van der Waals surface area contributed by atoms with Crippen molar-refractivity contribution in [2.75, 3.05) is 11.1 Å². The van der Waals surface area contributed by atoms with E-state index in [0.29, 0.717) is 23.4 Å². The number of nitrogen functional groups attached to an aromatic ring is 1. The molecule has 4 N–H and O–H groups in total. The van der Waals surface area contributed by atoms with Crippen LogP contribution < -0.4 is 16.6 Å². The Bertz CT molecular complexity index is 1470. The zero-order chi connectivity index (χ0) is 24.4. The molecule has 3 aromatic heterocycles. The SMILES string of the molecule is Nc1nc(C2=NN(Cc3ccccc3F)C(c3ccon3)C2)ncc1NC(=O)c1cccc(=O)[nH]1. The first kappa shape index (κ1) is 21.9. The van der Waals surface area contributed by atoms with E-state index >= 15 is 0 Å². The number of hydrazone groups is 1. The zero-order valence-corrected chi connectivity index (χ0v) is 18.2. The van der Waals surface area contributed by atoms with Gasteiger partial charge in [0.25, 0.3) is 5.91 Å². The highest BCUT2D eigenvalue weighted by Crippen LogP contribution is 2.33. The molecule has 1 aromatic carbocycles. The van der Waals surface area contributed by atoms with Crippen LogP contribution in [0.15, 0.2) is 75.4 Å². The maximum atomic E-state index is 14.3. The van der Waals surface area contributed by atoms with Crippen molar-refractivity contribution in [3.8, 4) is 0 Å². The van der Waals surface area contributed by atoms with Crippen LogP contribution in [-0.2, 0) is 6.54 Å². The second-order valence-corrected chi connectivity index (χ2v) is 7.76. The standard InChI is InChI=1S/C23H19FN8O3/c24-14-5-2-1-4-13(14)12-32-19(15-8-9-35-31-15)10-17(30-32)22-26-11-18(21(25)29-22)28-23(34)16-6-3-7-20(33)27-16/h1-9,11,19H,10,12H2,(H,27,33)(H,28,34)(H2,25,26,29). The molecule has 4 aromatic rings. The van der Waals surface area contributed by atoms with E-state index in [2.05, 4.69) is 30.5 Å². The van der Waals surface area contributed by atoms with E-state index in [9.17, 15) is 14.0 Å². The summed E-state index contributed by atoms with van der Waals surface area (Å²) in [5.74, 6) is -0.616. The van der Waals surface area contributed by atoms with E-state index in [-0.39, 0.29) is 41.4 Å². The van der Waals surface area contributed by atoms with E-state index in [0.717, 1.165) is 0 Å². The van der Waals surface area contributed by atoms with Crippen molar-refractivity contribution >= 4 is 23.1 Å². The number of hydrogen-bond acceptors (Lipinski definition) is 9. The van der Waals surface area contributed by atoms with Gasteiger partial charge in [-0.2, -0.15) is 5.10 Å². The van der Waals surface area contributed by atoms with Gasteiger partial charge in [0, 0.05) is 24.1 Å². The van der Waals surface area contributed by atoms with Crippen LogP contribution in [-0.4, -0.2) is 36.7 Å². The summed E-state index contributed by atoms with van der Waals surface area (Å²) in [5.41, 5.74) is 7.54. The van der Waals surface area contributed by atoms with Crippen LogP contribution in [0, 0.1) is 5.82 Å². The Labute approximate surface area is 197 Å². The first-order valence-corrected chi connectivity index (χ1v) is 10.6. The highest BCUT2D eigenvalue weighted by Gasteiger charge is 2.32. The van der Waals surface area contributed by atoms with E-state index in [1.165, 1.54) is 36.7 Å². The number of aromatic amines is 1. The number of nitrogens with zero attached hydrogens (tertiary/aromatic N) is 5. The minimum atomic E-state index is -0.564. The fourth-order valence-electron chi connectivity index (χ4n) is 3.69. The number of pyridine rings is 1. The number of rotatable bonds is 6. The molecular weight excluding hydrogens is 455 g/mol. The summed E-state index contributed by atoms with van der Waals surface area (Å²) in [6.07, 6.45) is 3.21. The average Bonchev–Trinajstić information content (AvgIpc) is 3.52. The molecule has 1 amide bonds. The molecule has 35 heavy (non-hydrogen) atoms. The third-order valence-electron chi connectivity index (χ3n) is 5.42. The van der Waals surface area contributed by atoms with Gasteiger partial charge in [-0.3, -0.25) is 14.6 Å². The third kappa shape index (κ3) is 4.62. The first-order valence-electron chi connectivity index (χ1n) is 10.6. The maximum Gasteiger partial charge on any atom is 0.272 e. The topological polar surface area (TPSA) is 155 Å². The monoisotopic (exact) mass is 474 g/mol. The summed E-state index contributed by atoms with van der Waals surface area (Å²) in [6, 6.07) is 12.1. The van der Waals surface area contributed by atoms with Crippen molar-refractivity contribution in [1.82, 2.24) is 25.1 Å². The number of nitrogens with two attached hydrogens (primary N) is 1. The Morgan fingerprint density at radius 1 is 1.23 bits per heavy atom. The van der Waals surface area contributed by atoms with E-state index in [1.54, 1.807) is 29.3 Å². The third-order valence-corrected chi connectivity index (χ3v) is 5.42. The molecule has 176 valence electrons. The second-order valence-electron chi connectivity index (χ2n) is 7.76. The van der Waals surface area contributed by atoms with Gasteiger partial charge < -0.3 is 20.6 Å². The fraction of sp³-hybridized carbons (Fsp3) is 0.130. The van der Waals surface area contributed by atoms with Gasteiger partial charge in [-0.05, 0) is 12.1 Å². The molecule has 0 spiro atoms. The molecule has 0 radical (unpaired) electrons. The quantitative estimate of drug-likeness (QED) is 0.385. The van der Waals surface area contributed by atoms with Gasteiger partial charge in [0.2, 0.25) is 5.56 Å². The Hall–Kier alpha value is -4.87. The molecule has 1 atom stereocenters. The molecule has 12 heteroatoms. The molecular formula is C23H19FN8O3. The van der Waals surface area contributed by atoms with Crippen LogP contribution in [0.2, 0.25) is 0 Å². The zero-order valence-electron chi connectivity index (χ0n) is 18.2. The van der Waals surface area contributed by atoms with Crippen LogP contribution in [0.5, 0.6) is 0 Å². The number of amides is 1. The normalized spacial score (nSPS) is 15.2. The van der Waals surface area contributed by atoms with Gasteiger partial charge in [0.15, 0.2) is 11.6 Å². The molecule has 0 fully saturated rings. The Balaban J connectivity index is 1.39. The summed E-state index contributed by atoms with van der Waals surface area (Å²) in [6.45, 7) is 0.201. The van der Waals surface area contributed by atoms with Gasteiger partial charge in [-0.15, -0.1) is 0 Å². The molecule has 1 aliphatic rings. The van der Waals surface area contributed by atoms with Gasteiger partial charge in [-0.1, -0.05) is 29.4 Å². The van der Waals surface area contributed by atoms with Gasteiger partial charge in [0.05, 0.1) is 18.8 Å². The van der Waals surface area contributed by atoms with Crippen LogP contribution in [0.3, 0.4) is 0 Å². The highest BCUT2D eigenvalue weighted by molar-refractivity contribution is 6.04. The largest absolute Gasteiger partial charge is 0.382 e. The van der Waals surface area contributed by atoms with Crippen molar-refractivity contribution in [3.63, 3.8) is 0 Å². The van der Waals surface area contributed by atoms with Crippen molar-refractivity contribution in [2.24, 2.45) is 5.10 Å². The van der Waals surface area contributed by atoms with E-state index in [1.807, 2.05) is 0 Å². The van der Waals surface area contributed by atoms with E-state index in [4.69, 9.17) is 10.3 Å². The first-order chi connectivity index (χ1) is 17.0. The number of carbonyl (C=O) groups excluding carboxylic acids is 1. The van der Waals surface area contributed by atoms with Crippen molar-refractivity contribution in [1.29, 1.82) is 0 Å². The maximum absolute atomic E-state index is 14.3. The highest BCUT2D eigenvalue weighted by atomic mass is 19.1. The van der Waals surface area contributed by atoms with Crippen LogP contribution in [0.4, 0.5) is 15.9 Å². The summed E-state index contributed by atoms with van der Waals surface area (Å²) in [7, 11) is 0. The molecule has 0 saturated heterocycles. The number of nitrogens with one attached hydrogen (secondary N) is 2. The lowest BCUT2D eigenvalue weighted by Crippen LogP contribution is -2.20. The predicted molar refractivity (Wildman–Crippen MR) is 124 cm³/mol. The fourth-order valence-corrected chi connectivity index (χ4v) is 3.69. The Morgan fingerprint density at radius 3 is 2.83 bits per heavy atom. The van der Waals surface area contributed by atoms with Gasteiger partial charge >= 0.3 is 0 Å². The smallest absolute Gasteiger partial charge is 0.272 e. The lowest BCUT2D eigenvalue weighted by molar-refractivity contribution is 0.102. The molecule has 0 bridgehead atoms. The average molecular weight is 474 g/mol. The van der Waals surface area contributed by atoms with Crippen LogP contribution in [0.1, 0.15) is 40.0 Å². The number of benzene rings is 1. The molecule has 5 rings (SSSR count). The molecule has 1 aliphatic heterocycles. The lowest BCUT2D eigenvalue weighted by atomic mass is 10.1. The van der Waals surface area contributed by atoms with Gasteiger partial charge in [-0.25, -0.2) is 14.4 Å². The Morgan fingerprint density at radius 2 is 2.09 bits per heavy atom. The van der Waals surface area contributed by atoms with Crippen molar-refractivity contribution in [3.05, 3.63) is 99.9 Å². The molecule has 4 heterocycles. The van der Waals surface area contributed by atoms with Crippen LogP contribution >= 0.6 is 0 Å². The summed E-state index contributed by atoms with van der Waals surface area (Å²) in [4.78, 5) is 34.9. The second kappa shape index (κ2) is 9.17. The summed E-state index contributed by atoms with van der Waals surface area (Å²) < 4.78 is 19.3. The van der Waals surface area contributed by atoms with Crippen LogP contribution in [0.25, 0.3) is 0 Å². The Kier molecular flexibility index (Phi) is 5.75. The number of halogens is 1. The predicted octanol–water partition coefficient (Wildman–Crippen LogP) is 2.48. The lowest BCUT2D eigenvalue weighted by Gasteiger charge is -2.21. The van der Waals surface area contributed by atoms with Gasteiger partial charge in [0.1, 0.15) is 34.9 Å². The number of H-pyrrole nitrogens is 1. The van der Waals surface area contributed by atoms with Crippen molar-refractivity contribution < 1.29 is 13.7 Å². The molecule has 0 saturated carbocycles.